The lowest BCUT2D eigenvalue weighted by Gasteiger charge is -2.08. The van der Waals surface area contributed by atoms with E-state index >= 15 is 0 Å². The highest BCUT2D eigenvalue weighted by atomic mass is 19.4. The predicted molar refractivity (Wildman–Crippen MR) is 71.8 cm³/mol. The molecule has 1 aromatic heterocycles. The van der Waals surface area contributed by atoms with E-state index in [2.05, 4.69) is 15.0 Å². The summed E-state index contributed by atoms with van der Waals surface area (Å²) in [6.45, 7) is 0.161. The van der Waals surface area contributed by atoms with Gasteiger partial charge in [-0.15, -0.1) is 0 Å². The summed E-state index contributed by atoms with van der Waals surface area (Å²) in [5.41, 5.74) is 2.90. The minimum atomic E-state index is -4.42. The number of fused-ring (bicyclic) bond motifs is 1. The van der Waals surface area contributed by atoms with Crippen molar-refractivity contribution >= 4 is 16.8 Å². The second kappa shape index (κ2) is 6.17. The van der Waals surface area contributed by atoms with E-state index in [9.17, 15) is 18.0 Å². The van der Waals surface area contributed by atoms with E-state index in [0.29, 0.717) is 0 Å². The molecule has 2 aromatic rings. The maximum Gasteiger partial charge on any atom is 0.411 e. The van der Waals surface area contributed by atoms with Gasteiger partial charge in [-0.25, -0.2) is 0 Å². The molecule has 0 bridgehead atoms. The zero-order chi connectivity index (χ0) is 15.5. The van der Waals surface area contributed by atoms with Crippen LogP contribution in [0.5, 0.6) is 0 Å². The largest absolute Gasteiger partial charge is 0.411 e. The highest BCUT2D eigenvalue weighted by Gasteiger charge is 2.27. The van der Waals surface area contributed by atoms with E-state index in [0.717, 1.165) is 22.2 Å². The number of aromatic nitrogens is 1. The SMILES string of the molecule is Cc1cc2cc(CNC(=O)COCC(F)(F)F)ccc2[nH]1. The fourth-order valence-electron chi connectivity index (χ4n) is 1.95. The summed E-state index contributed by atoms with van der Waals surface area (Å²) < 4.78 is 39.8. The molecular weight excluding hydrogens is 285 g/mol. The van der Waals surface area contributed by atoms with Crippen LogP contribution in [0.25, 0.3) is 10.9 Å². The number of hydrogen-bond acceptors (Lipinski definition) is 2. The van der Waals surface area contributed by atoms with Crippen molar-refractivity contribution in [3.8, 4) is 0 Å². The fourth-order valence-corrected chi connectivity index (χ4v) is 1.95. The van der Waals surface area contributed by atoms with Crippen molar-refractivity contribution in [2.75, 3.05) is 13.2 Å². The molecule has 0 unspecified atom stereocenters. The van der Waals surface area contributed by atoms with Gasteiger partial charge < -0.3 is 15.0 Å². The number of aryl methyl sites for hydroxylation is 1. The molecule has 0 aliphatic heterocycles. The Morgan fingerprint density at radius 3 is 2.81 bits per heavy atom. The van der Waals surface area contributed by atoms with Crippen LogP contribution >= 0.6 is 0 Å². The lowest BCUT2D eigenvalue weighted by atomic mass is 10.1. The summed E-state index contributed by atoms with van der Waals surface area (Å²) in [5.74, 6) is -0.579. The smallest absolute Gasteiger partial charge is 0.362 e. The Labute approximate surface area is 119 Å². The number of carbonyl (C=O) groups excluding carboxylic acids is 1. The van der Waals surface area contributed by atoms with E-state index in [1.807, 2.05) is 31.2 Å². The normalized spacial score (nSPS) is 11.8. The fraction of sp³-hybridized carbons (Fsp3) is 0.357. The van der Waals surface area contributed by atoms with Crippen molar-refractivity contribution in [1.82, 2.24) is 10.3 Å². The number of rotatable bonds is 5. The Morgan fingerprint density at radius 2 is 2.10 bits per heavy atom. The first-order chi connectivity index (χ1) is 9.83. The first kappa shape index (κ1) is 15.4. The van der Waals surface area contributed by atoms with Crippen LogP contribution in [0.3, 0.4) is 0 Å². The molecule has 1 amide bonds. The van der Waals surface area contributed by atoms with Gasteiger partial charge in [0.25, 0.3) is 0 Å². The average Bonchev–Trinajstić information content (AvgIpc) is 2.74. The molecule has 2 rings (SSSR count). The lowest BCUT2D eigenvalue weighted by Crippen LogP contribution is -2.29. The van der Waals surface area contributed by atoms with Gasteiger partial charge in [-0.1, -0.05) is 6.07 Å². The summed E-state index contributed by atoms with van der Waals surface area (Å²) in [6, 6.07) is 7.63. The van der Waals surface area contributed by atoms with E-state index in [1.54, 1.807) is 0 Å². The number of carbonyl (C=O) groups is 1. The Bertz CT molecular complexity index is 635. The molecule has 21 heavy (non-hydrogen) atoms. The van der Waals surface area contributed by atoms with Crippen LogP contribution in [-0.4, -0.2) is 30.3 Å². The Kier molecular flexibility index (Phi) is 4.52. The number of aromatic amines is 1. The quantitative estimate of drug-likeness (QED) is 0.892. The summed E-state index contributed by atoms with van der Waals surface area (Å²) in [6.07, 6.45) is -4.42. The number of H-pyrrole nitrogens is 1. The molecule has 2 N–H and O–H groups in total. The summed E-state index contributed by atoms with van der Waals surface area (Å²) in [7, 11) is 0. The van der Waals surface area contributed by atoms with Crippen LogP contribution < -0.4 is 5.32 Å². The first-order valence-electron chi connectivity index (χ1n) is 6.33. The number of benzene rings is 1. The molecule has 0 fully saturated rings. The zero-order valence-corrected chi connectivity index (χ0v) is 11.4. The van der Waals surface area contributed by atoms with Crippen molar-refractivity contribution in [1.29, 1.82) is 0 Å². The Morgan fingerprint density at radius 1 is 1.33 bits per heavy atom. The molecule has 0 saturated carbocycles. The van der Waals surface area contributed by atoms with Crippen LogP contribution in [0.1, 0.15) is 11.3 Å². The molecule has 1 heterocycles. The van der Waals surface area contributed by atoms with Crippen molar-refractivity contribution < 1.29 is 22.7 Å². The highest BCUT2D eigenvalue weighted by molar-refractivity contribution is 5.81. The van der Waals surface area contributed by atoms with Gasteiger partial charge in [0.05, 0.1) is 0 Å². The predicted octanol–water partition coefficient (Wildman–Crippen LogP) is 2.67. The van der Waals surface area contributed by atoms with Crippen molar-refractivity contribution in [3.63, 3.8) is 0 Å². The minimum Gasteiger partial charge on any atom is -0.362 e. The maximum atomic E-state index is 11.8. The molecule has 0 atom stereocenters. The standard InChI is InChI=1S/C14H15F3N2O2/c1-9-4-11-5-10(2-3-12(11)19-9)6-18-13(20)7-21-8-14(15,16)17/h2-5,19H,6-8H2,1H3,(H,18,20). The van der Waals surface area contributed by atoms with Crippen LogP contribution in [0, 0.1) is 6.92 Å². The van der Waals surface area contributed by atoms with Gasteiger partial charge in [0, 0.05) is 17.8 Å². The van der Waals surface area contributed by atoms with Gasteiger partial charge in [0.15, 0.2) is 0 Å². The second-order valence-electron chi connectivity index (χ2n) is 4.76. The van der Waals surface area contributed by atoms with Crippen molar-refractivity contribution in [2.24, 2.45) is 0 Å². The topological polar surface area (TPSA) is 54.1 Å². The highest BCUT2D eigenvalue weighted by Crippen LogP contribution is 2.17. The van der Waals surface area contributed by atoms with Gasteiger partial charge in [0.1, 0.15) is 13.2 Å². The van der Waals surface area contributed by atoms with Crippen LogP contribution in [-0.2, 0) is 16.1 Å². The van der Waals surface area contributed by atoms with E-state index < -0.39 is 25.3 Å². The van der Waals surface area contributed by atoms with Gasteiger partial charge in [0.2, 0.25) is 5.91 Å². The first-order valence-corrected chi connectivity index (χ1v) is 6.33. The van der Waals surface area contributed by atoms with Gasteiger partial charge in [-0.05, 0) is 36.1 Å². The molecule has 7 heteroatoms. The molecule has 0 spiro atoms. The van der Waals surface area contributed by atoms with Crippen LogP contribution in [0.2, 0.25) is 0 Å². The third-order valence-corrected chi connectivity index (χ3v) is 2.81. The van der Waals surface area contributed by atoms with Gasteiger partial charge >= 0.3 is 6.18 Å². The molecule has 0 aliphatic carbocycles. The molecule has 114 valence electrons. The minimum absolute atomic E-state index is 0.244. The molecule has 0 radical (unpaired) electrons. The summed E-state index contributed by atoms with van der Waals surface area (Å²) >= 11 is 0. The van der Waals surface area contributed by atoms with E-state index in [-0.39, 0.29) is 6.54 Å². The third kappa shape index (κ3) is 4.78. The Balaban J connectivity index is 1.82. The molecular formula is C14H15F3N2O2. The van der Waals surface area contributed by atoms with Crippen LogP contribution in [0.4, 0.5) is 13.2 Å². The molecule has 0 saturated heterocycles. The summed E-state index contributed by atoms with van der Waals surface area (Å²) in [4.78, 5) is 14.5. The molecule has 1 aromatic carbocycles. The second-order valence-corrected chi connectivity index (χ2v) is 4.76. The lowest BCUT2D eigenvalue weighted by molar-refractivity contribution is -0.175. The number of halogens is 3. The van der Waals surface area contributed by atoms with E-state index in [1.165, 1.54) is 0 Å². The number of ether oxygens (including phenoxy) is 1. The van der Waals surface area contributed by atoms with Gasteiger partial charge in [-0.3, -0.25) is 4.79 Å². The molecule has 0 aliphatic rings. The molecule has 4 nitrogen and oxygen atoms in total. The third-order valence-electron chi connectivity index (χ3n) is 2.81. The van der Waals surface area contributed by atoms with Crippen molar-refractivity contribution in [3.05, 3.63) is 35.5 Å². The number of alkyl halides is 3. The van der Waals surface area contributed by atoms with Crippen molar-refractivity contribution in [2.45, 2.75) is 19.6 Å². The number of nitrogens with one attached hydrogen (secondary N) is 2. The number of hydrogen-bond donors (Lipinski definition) is 2. The summed E-state index contributed by atoms with van der Waals surface area (Å²) in [5, 5.41) is 3.54. The average molecular weight is 300 g/mol. The maximum absolute atomic E-state index is 11.8. The number of amides is 1. The van der Waals surface area contributed by atoms with Gasteiger partial charge in [-0.2, -0.15) is 13.2 Å². The van der Waals surface area contributed by atoms with E-state index in [4.69, 9.17) is 0 Å². The monoisotopic (exact) mass is 300 g/mol. The Hall–Kier alpha value is -2.02. The zero-order valence-electron chi connectivity index (χ0n) is 11.4. The van der Waals surface area contributed by atoms with Crippen LogP contribution in [0.15, 0.2) is 24.3 Å².